The van der Waals surface area contributed by atoms with Crippen molar-refractivity contribution >= 4 is 11.7 Å². The maximum Gasteiger partial charge on any atom is 0.322 e. The van der Waals surface area contributed by atoms with Gasteiger partial charge in [0, 0.05) is 6.07 Å². The van der Waals surface area contributed by atoms with Crippen LogP contribution in [0.3, 0.4) is 0 Å². The van der Waals surface area contributed by atoms with Gasteiger partial charge in [-0.25, -0.2) is 4.39 Å². The van der Waals surface area contributed by atoms with Gasteiger partial charge in [-0.3, -0.25) is 4.79 Å². The molecule has 2 N–H and O–H groups in total. The van der Waals surface area contributed by atoms with Gasteiger partial charge in [0.05, 0.1) is 12.8 Å². The Hall–Kier alpha value is -1.78. The molecule has 0 saturated heterocycles. The third kappa shape index (κ3) is 2.62. The number of halogens is 1. The van der Waals surface area contributed by atoms with E-state index >= 15 is 0 Å². The lowest BCUT2D eigenvalue weighted by Crippen LogP contribution is -2.13. The zero-order valence-corrected chi connectivity index (χ0v) is 7.58. The molecule has 0 atom stereocenters. The summed E-state index contributed by atoms with van der Waals surface area (Å²) in [6.45, 7) is -0.316. The first-order valence-electron chi connectivity index (χ1n) is 3.92. The summed E-state index contributed by atoms with van der Waals surface area (Å²) < 4.78 is 17.9. The van der Waals surface area contributed by atoms with Gasteiger partial charge in [-0.15, -0.1) is 0 Å². The van der Waals surface area contributed by atoms with Gasteiger partial charge >= 0.3 is 5.97 Å². The van der Waals surface area contributed by atoms with E-state index in [4.69, 9.17) is 9.84 Å². The molecule has 0 spiro atoms. The molecule has 76 valence electrons. The monoisotopic (exact) mass is 199 g/mol. The number of carboxylic acids is 1. The second kappa shape index (κ2) is 4.45. The van der Waals surface area contributed by atoms with Crippen LogP contribution in [-0.4, -0.2) is 24.7 Å². The molecule has 0 aliphatic heterocycles. The van der Waals surface area contributed by atoms with Crippen LogP contribution >= 0.6 is 0 Å². The van der Waals surface area contributed by atoms with E-state index in [9.17, 15) is 9.18 Å². The van der Waals surface area contributed by atoms with Crippen LogP contribution in [0.4, 0.5) is 10.1 Å². The number of nitrogens with one attached hydrogen (secondary N) is 1. The molecule has 14 heavy (non-hydrogen) atoms. The number of methoxy groups -OCH3 is 1. The summed E-state index contributed by atoms with van der Waals surface area (Å²) in [6.07, 6.45) is 0. The molecule has 0 unspecified atom stereocenters. The summed E-state index contributed by atoms with van der Waals surface area (Å²) in [4.78, 5) is 10.2. The first-order valence-corrected chi connectivity index (χ1v) is 3.92. The van der Waals surface area contributed by atoms with Crippen LogP contribution in [0, 0.1) is 5.82 Å². The van der Waals surface area contributed by atoms with Gasteiger partial charge in [-0.1, -0.05) is 0 Å². The molecule has 1 aromatic rings. The molecule has 4 nitrogen and oxygen atoms in total. The summed E-state index contributed by atoms with van der Waals surface area (Å²) in [7, 11) is 1.43. The van der Waals surface area contributed by atoms with Crippen LogP contribution < -0.4 is 10.1 Å². The molecule has 5 heteroatoms. The highest BCUT2D eigenvalue weighted by atomic mass is 19.1. The number of hydrogen-bond acceptors (Lipinski definition) is 3. The average Bonchev–Trinajstić information content (AvgIpc) is 2.15. The first-order chi connectivity index (χ1) is 6.63. The topological polar surface area (TPSA) is 58.6 Å². The Morgan fingerprint density at radius 3 is 2.86 bits per heavy atom. The smallest absolute Gasteiger partial charge is 0.322 e. The third-order valence-corrected chi connectivity index (χ3v) is 1.61. The summed E-state index contributed by atoms with van der Waals surface area (Å²) in [5, 5.41) is 10.8. The molecular formula is C9H10FNO3. The fourth-order valence-corrected chi connectivity index (χ4v) is 0.937. The van der Waals surface area contributed by atoms with Gasteiger partial charge in [-0.05, 0) is 12.1 Å². The highest BCUT2D eigenvalue weighted by molar-refractivity contribution is 5.72. The Labute approximate surface area is 80.3 Å². The van der Waals surface area contributed by atoms with E-state index in [0.29, 0.717) is 5.75 Å². The van der Waals surface area contributed by atoms with Crippen molar-refractivity contribution in [2.24, 2.45) is 0 Å². The number of benzene rings is 1. The van der Waals surface area contributed by atoms with E-state index in [2.05, 4.69) is 5.32 Å². The minimum atomic E-state index is -1.04. The predicted octanol–water partition coefficient (Wildman–Crippen LogP) is 1.33. The maximum atomic E-state index is 13.2. The molecule has 1 aromatic carbocycles. The Balaban J connectivity index is 2.73. The van der Waals surface area contributed by atoms with E-state index in [1.54, 1.807) is 6.07 Å². The second-order valence-corrected chi connectivity index (χ2v) is 2.59. The molecule has 0 amide bonds. The Kier molecular flexibility index (Phi) is 3.28. The number of carbonyl (C=O) groups is 1. The largest absolute Gasteiger partial charge is 0.497 e. The van der Waals surface area contributed by atoms with E-state index < -0.39 is 11.8 Å². The standard InChI is InChI=1S/C9H10FNO3/c1-14-6-2-3-8(7(10)4-6)11-5-9(12)13/h2-4,11H,5H2,1H3,(H,12,13). The molecule has 0 radical (unpaired) electrons. The van der Waals surface area contributed by atoms with Crippen molar-refractivity contribution in [3.63, 3.8) is 0 Å². The fraction of sp³-hybridized carbons (Fsp3) is 0.222. The minimum absolute atomic E-state index is 0.146. The van der Waals surface area contributed by atoms with E-state index in [0.717, 1.165) is 0 Å². The average molecular weight is 199 g/mol. The molecule has 0 heterocycles. The van der Waals surface area contributed by atoms with Gasteiger partial charge in [0.25, 0.3) is 0 Å². The zero-order valence-electron chi connectivity index (χ0n) is 7.58. The van der Waals surface area contributed by atoms with Gasteiger partial charge in [0.2, 0.25) is 0 Å². The lowest BCUT2D eigenvalue weighted by molar-refractivity contribution is -0.134. The van der Waals surface area contributed by atoms with Crippen LogP contribution in [0.25, 0.3) is 0 Å². The van der Waals surface area contributed by atoms with Crippen molar-refractivity contribution < 1.29 is 19.0 Å². The quantitative estimate of drug-likeness (QED) is 0.768. The van der Waals surface area contributed by atoms with E-state index in [-0.39, 0.29) is 12.2 Å². The van der Waals surface area contributed by atoms with E-state index in [1.165, 1.54) is 19.2 Å². The lowest BCUT2D eigenvalue weighted by Gasteiger charge is -2.06. The SMILES string of the molecule is COc1ccc(NCC(=O)O)c(F)c1. The molecule has 0 aliphatic rings. The number of anilines is 1. The Bertz CT molecular complexity index is 341. The molecule has 0 aliphatic carbocycles. The Morgan fingerprint density at radius 2 is 2.36 bits per heavy atom. The normalized spacial score (nSPS) is 9.57. The highest BCUT2D eigenvalue weighted by Gasteiger charge is 2.04. The van der Waals surface area contributed by atoms with Gasteiger partial charge < -0.3 is 15.2 Å². The van der Waals surface area contributed by atoms with Crippen molar-refractivity contribution in [3.05, 3.63) is 24.0 Å². The molecule has 1 rings (SSSR count). The van der Waals surface area contributed by atoms with Crippen LogP contribution in [0.15, 0.2) is 18.2 Å². The van der Waals surface area contributed by atoms with Crippen molar-refractivity contribution in [2.45, 2.75) is 0 Å². The van der Waals surface area contributed by atoms with Crippen molar-refractivity contribution in [3.8, 4) is 5.75 Å². The number of rotatable bonds is 4. The summed E-state index contributed by atoms with van der Waals surface area (Å²) in [6, 6.07) is 4.16. The third-order valence-electron chi connectivity index (χ3n) is 1.61. The second-order valence-electron chi connectivity index (χ2n) is 2.59. The summed E-state index contributed by atoms with van der Waals surface area (Å²) in [5.74, 6) is -1.19. The van der Waals surface area contributed by atoms with Crippen LogP contribution in [0.5, 0.6) is 5.75 Å². The number of ether oxygens (including phenoxy) is 1. The minimum Gasteiger partial charge on any atom is -0.497 e. The van der Waals surface area contributed by atoms with E-state index in [1.807, 2.05) is 0 Å². The van der Waals surface area contributed by atoms with Gasteiger partial charge in [-0.2, -0.15) is 0 Å². The molecule has 0 saturated carbocycles. The Morgan fingerprint density at radius 1 is 1.64 bits per heavy atom. The molecule has 0 fully saturated rings. The fourth-order valence-electron chi connectivity index (χ4n) is 0.937. The van der Waals surface area contributed by atoms with Gasteiger partial charge in [0.1, 0.15) is 18.1 Å². The molecule has 0 aromatic heterocycles. The number of hydrogen-bond donors (Lipinski definition) is 2. The van der Waals surface area contributed by atoms with Crippen LogP contribution in [0.2, 0.25) is 0 Å². The van der Waals surface area contributed by atoms with Gasteiger partial charge in [0.15, 0.2) is 0 Å². The van der Waals surface area contributed by atoms with Crippen molar-refractivity contribution in [1.82, 2.24) is 0 Å². The number of aliphatic carboxylic acids is 1. The predicted molar refractivity (Wildman–Crippen MR) is 49.1 cm³/mol. The summed E-state index contributed by atoms with van der Waals surface area (Å²) >= 11 is 0. The van der Waals surface area contributed by atoms with Crippen LogP contribution in [0.1, 0.15) is 0 Å². The molecule has 0 bridgehead atoms. The zero-order chi connectivity index (χ0) is 10.6. The van der Waals surface area contributed by atoms with Crippen molar-refractivity contribution in [2.75, 3.05) is 19.0 Å². The number of carboxylic acid groups (broad SMARTS) is 1. The molecular weight excluding hydrogens is 189 g/mol. The van der Waals surface area contributed by atoms with Crippen molar-refractivity contribution in [1.29, 1.82) is 0 Å². The maximum absolute atomic E-state index is 13.2. The highest BCUT2D eigenvalue weighted by Crippen LogP contribution is 2.19. The summed E-state index contributed by atoms with van der Waals surface area (Å²) in [5.41, 5.74) is 0.146. The lowest BCUT2D eigenvalue weighted by atomic mass is 10.3. The van der Waals surface area contributed by atoms with Crippen LogP contribution in [-0.2, 0) is 4.79 Å². The first kappa shape index (κ1) is 10.3.